The molecule has 0 aliphatic rings. The molecule has 6 heterocycles. The van der Waals surface area contributed by atoms with E-state index >= 15 is 0 Å². The van der Waals surface area contributed by atoms with E-state index in [4.69, 9.17) is 4.42 Å². The van der Waals surface area contributed by atoms with Gasteiger partial charge in [0.25, 0.3) is 0 Å². The highest BCUT2D eigenvalue weighted by Crippen LogP contribution is 2.47. The number of nitrogens with zero attached hydrogens (tertiary/aromatic N) is 5. The molecule has 0 bridgehead atoms. The third kappa shape index (κ3) is 5.49. The zero-order chi connectivity index (χ0) is 50.7. The average molecular weight is 994 g/mol. The Bertz CT molecular complexity index is 5380. The van der Waals surface area contributed by atoms with Crippen molar-refractivity contribution in [3.63, 3.8) is 0 Å². The molecule has 0 radical (unpaired) electrons. The van der Waals surface area contributed by atoms with Crippen LogP contribution in [0.5, 0.6) is 0 Å². The molecule has 0 saturated heterocycles. The van der Waals surface area contributed by atoms with Crippen LogP contribution in [0.2, 0.25) is 0 Å². The second kappa shape index (κ2) is 15.5. The van der Waals surface area contributed by atoms with Gasteiger partial charge in [0.2, 0.25) is 0 Å². The van der Waals surface area contributed by atoms with Crippen LogP contribution in [-0.2, 0) is 0 Å². The van der Waals surface area contributed by atoms with E-state index in [9.17, 15) is 0 Å². The Morgan fingerprint density at radius 3 is 0.897 bits per heavy atom. The first kappa shape index (κ1) is 41.8. The van der Waals surface area contributed by atoms with Crippen LogP contribution in [0.4, 0.5) is 0 Å². The van der Waals surface area contributed by atoms with E-state index in [2.05, 4.69) is 284 Å². The molecular formula is C72H43N5O. The van der Waals surface area contributed by atoms with Gasteiger partial charge in [0.15, 0.2) is 11.2 Å². The van der Waals surface area contributed by atoms with Crippen LogP contribution in [0.25, 0.3) is 159 Å². The van der Waals surface area contributed by atoms with Gasteiger partial charge in [-0.2, -0.15) is 0 Å². The largest absolute Gasteiger partial charge is 0.452 e. The van der Waals surface area contributed by atoms with Gasteiger partial charge in [0.1, 0.15) is 0 Å². The lowest BCUT2D eigenvalue weighted by molar-refractivity contribution is 0.663. The number of fused-ring (bicyclic) bond motifs is 18. The molecule has 0 unspecified atom stereocenters. The monoisotopic (exact) mass is 993 g/mol. The molecule has 18 rings (SSSR count). The average Bonchev–Trinajstić information content (AvgIpc) is 4.54. The molecule has 0 saturated carbocycles. The van der Waals surface area contributed by atoms with E-state index in [1.807, 2.05) is 0 Å². The highest BCUT2D eigenvalue weighted by molar-refractivity contribution is 6.21. The molecule has 0 amide bonds. The first-order chi connectivity index (χ1) is 38.7. The van der Waals surface area contributed by atoms with E-state index in [-0.39, 0.29) is 0 Å². The van der Waals surface area contributed by atoms with Crippen LogP contribution in [-0.4, -0.2) is 22.8 Å². The maximum Gasteiger partial charge on any atom is 0.161 e. The number of furan rings is 1. The summed E-state index contributed by atoms with van der Waals surface area (Å²) in [6.45, 7) is 0. The lowest BCUT2D eigenvalue weighted by Gasteiger charge is -2.15. The van der Waals surface area contributed by atoms with Crippen molar-refractivity contribution < 1.29 is 4.42 Å². The molecular weight excluding hydrogens is 951 g/mol. The summed E-state index contributed by atoms with van der Waals surface area (Å²) in [6, 6.07) is 95.5. The van der Waals surface area contributed by atoms with E-state index < -0.39 is 0 Å². The SMILES string of the molecule is c1ccc2c(c1)c1ccccc1n2-c1ccc2c(c1)c1ccccc1n2-c1cc(-n2c3ccccc3c3ccccc32)c2oc3c(-n4c5ccccc5c5ccccc54)ccc(-n4c5ccccc5c5ccccc54)c3c2c1. The predicted octanol–water partition coefficient (Wildman–Crippen LogP) is 19.1. The van der Waals surface area contributed by atoms with Crippen LogP contribution >= 0.6 is 0 Å². The normalized spacial score (nSPS) is 12.4. The van der Waals surface area contributed by atoms with Crippen LogP contribution in [0.3, 0.4) is 0 Å². The summed E-state index contributed by atoms with van der Waals surface area (Å²) in [5, 5.41) is 14.1. The number of aromatic nitrogens is 5. The van der Waals surface area contributed by atoms with Crippen molar-refractivity contribution in [2.24, 2.45) is 0 Å². The van der Waals surface area contributed by atoms with Gasteiger partial charge in [-0.3, -0.25) is 0 Å². The zero-order valence-electron chi connectivity index (χ0n) is 42.0. The lowest BCUT2D eigenvalue weighted by atomic mass is 10.1. The molecule has 12 aromatic carbocycles. The van der Waals surface area contributed by atoms with Gasteiger partial charge in [-0.15, -0.1) is 0 Å². The van der Waals surface area contributed by atoms with Gasteiger partial charge >= 0.3 is 0 Å². The lowest BCUT2D eigenvalue weighted by Crippen LogP contribution is -2.00. The van der Waals surface area contributed by atoms with Crippen LogP contribution in [0, 0.1) is 0 Å². The van der Waals surface area contributed by atoms with Gasteiger partial charge in [-0.25, -0.2) is 0 Å². The molecule has 362 valence electrons. The quantitative estimate of drug-likeness (QED) is 0.169. The number of rotatable bonds is 5. The van der Waals surface area contributed by atoms with Crippen molar-refractivity contribution in [1.29, 1.82) is 0 Å². The van der Waals surface area contributed by atoms with E-state index in [1.165, 1.54) is 64.9 Å². The molecule has 6 aromatic heterocycles. The van der Waals surface area contributed by atoms with E-state index in [1.54, 1.807) is 0 Å². The fraction of sp³-hybridized carbons (Fsp3) is 0. The minimum Gasteiger partial charge on any atom is -0.452 e. The Hall–Kier alpha value is -10.6. The standard InChI is InChI=1S/C72H43N5O/c1-10-28-57-46(19-1)47-20-2-11-29-58(47)73(57)44-37-38-66-55(41-44)54-27-9-12-30-59(54)74(66)45-42-56-70-67(75-60-31-13-3-21-48(60)49-22-4-14-32-61(49)75)39-40-68(76-62-33-15-5-23-50(62)51-24-6-16-34-63(51)76)72(70)78-71(56)69(43-45)77-64-35-17-7-25-52(64)53-26-8-18-36-65(53)77/h1-43H. The molecule has 0 spiro atoms. The second-order valence-corrected chi connectivity index (χ2v) is 20.8. The summed E-state index contributed by atoms with van der Waals surface area (Å²) >= 11 is 0. The van der Waals surface area contributed by atoms with Gasteiger partial charge in [0.05, 0.1) is 77.6 Å². The highest BCUT2D eigenvalue weighted by atomic mass is 16.3. The van der Waals surface area contributed by atoms with Crippen LogP contribution in [0.15, 0.2) is 265 Å². The van der Waals surface area contributed by atoms with Crippen molar-refractivity contribution in [3.05, 3.63) is 261 Å². The molecule has 0 fully saturated rings. The Morgan fingerprint density at radius 1 is 0.192 bits per heavy atom. The second-order valence-electron chi connectivity index (χ2n) is 20.8. The zero-order valence-corrected chi connectivity index (χ0v) is 42.0. The maximum atomic E-state index is 7.83. The van der Waals surface area contributed by atoms with Crippen LogP contribution in [0.1, 0.15) is 0 Å². The summed E-state index contributed by atoms with van der Waals surface area (Å²) in [5.41, 5.74) is 18.1. The fourth-order valence-electron chi connectivity index (χ4n) is 13.7. The van der Waals surface area contributed by atoms with Gasteiger partial charge in [0, 0.05) is 70.6 Å². The smallest absolute Gasteiger partial charge is 0.161 e. The molecule has 0 aliphatic heterocycles. The Kier molecular flexibility index (Phi) is 8.30. The van der Waals surface area contributed by atoms with E-state index in [0.717, 1.165) is 94.5 Å². The summed E-state index contributed by atoms with van der Waals surface area (Å²) in [7, 11) is 0. The summed E-state index contributed by atoms with van der Waals surface area (Å²) in [5.74, 6) is 0. The third-order valence-electron chi connectivity index (χ3n) is 16.9. The van der Waals surface area contributed by atoms with Gasteiger partial charge in [-0.05, 0) is 97.1 Å². The minimum absolute atomic E-state index is 0.810. The maximum absolute atomic E-state index is 7.83. The summed E-state index contributed by atoms with van der Waals surface area (Å²) in [4.78, 5) is 0. The molecule has 0 aliphatic carbocycles. The van der Waals surface area contributed by atoms with E-state index in [0.29, 0.717) is 0 Å². The number of para-hydroxylation sites is 9. The topological polar surface area (TPSA) is 37.8 Å². The number of hydrogen-bond acceptors (Lipinski definition) is 1. The Balaban J connectivity index is 1.02. The Labute approximate surface area is 445 Å². The first-order valence-corrected chi connectivity index (χ1v) is 26.8. The molecule has 78 heavy (non-hydrogen) atoms. The molecule has 0 N–H and O–H groups in total. The molecule has 0 atom stereocenters. The van der Waals surface area contributed by atoms with Crippen molar-refractivity contribution in [2.75, 3.05) is 0 Å². The summed E-state index contributed by atoms with van der Waals surface area (Å²) < 4.78 is 20.0. The molecule has 6 nitrogen and oxygen atoms in total. The van der Waals surface area contributed by atoms with Crippen molar-refractivity contribution in [2.45, 2.75) is 0 Å². The summed E-state index contributed by atoms with van der Waals surface area (Å²) in [6.07, 6.45) is 0. The van der Waals surface area contributed by atoms with Gasteiger partial charge in [-0.1, -0.05) is 164 Å². The Morgan fingerprint density at radius 2 is 0.487 bits per heavy atom. The van der Waals surface area contributed by atoms with Crippen LogP contribution < -0.4 is 0 Å². The third-order valence-corrected chi connectivity index (χ3v) is 16.9. The van der Waals surface area contributed by atoms with Crippen molar-refractivity contribution in [1.82, 2.24) is 22.8 Å². The minimum atomic E-state index is 0.810. The predicted molar refractivity (Wildman–Crippen MR) is 325 cm³/mol. The van der Waals surface area contributed by atoms with Crippen molar-refractivity contribution in [3.8, 4) is 28.4 Å². The fourth-order valence-corrected chi connectivity index (χ4v) is 13.7. The highest BCUT2D eigenvalue weighted by Gasteiger charge is 2.27. The molecule has 18 aromatic rings. The first-order valence-electron chi connectivity index (χ1n) is 26.8. The number of hydrogen-bond donors (Lipinski definition) is 0. The van der Waals surface area contributed by atoms with Crippen molar-refractivity contribution >= 4 is 131 Å². The molecule has 6 heteroatoms. The number of benzene rings is 12. The van der Waals surface area contributed by atoms with Gasteiger partial charge < -0.3 is 27.3 Å².